The first-order valence-corrected chi connectivity index (χ1v) is 8.68. The van der Waals surface area contributed by atoms with Gasteiger partial charge >= 0.3 is 0 Å². The quantitative estimate of drug-likeness (QED) is 0.833. The number of aromatic nitrogens is 2. The summed E-state index contributed by atoms with van der Waals surface area (Å²) in [5.74, 6) is 2.04. The number of anilines is 1. The molecule has 0 radical (unpaired) electrons. The molecule has 0 saturated carbocycles. The summed E-state index contributed by atoms with van der Waals surface area (Å²) >= 11 is 0. The predicted octanol–water partition coefficient (Wildman–Crippen LogP) is 3.04. The van der Waals surface area contributed by atoms with Crippen molar-refractivity contribution in [2.24, 2.45) is 0 Å². The molecule has 2 aromatic rings. The summed E-state index contributed by atoms with van der Waals surface area (Å²) in [4.78, 5) is 8.62. The Bertz CT molecular complexity index is 670. The van der Waals surface area contributed by atoms with E-state index in [2.05, 4.69) is 27.4 Å². The summed E-state index contributed by atoms with van der Waals surface area (Å²) in [6.45, 7) is 4.93. The standard InChI is InChI=1S/C19H25N3O3/c1-3-25-16-6-4-15(5-7-16)19(9-12-24-13-10-19)14-21-18-20-11-8-17(22-18)23-2/h4-8,11H,3,9-10,12-14H2,1-2H3,(H,20,21,22). The fourth-order valence-corrected chi connectivity index (χ4v) is 3.19. The van der Waals surface area contributed by atoms with Crippen LogP contribution in [0.2, 0.25) is 0 Å². The molecule has 0 bridgehead atoms. The molecule has 1 saturated heterocycles. The van der Waals surface area contributed by atoms with E-state index in [0.29, 0.717) is 18.4 Å². The maximum atomic E-state index is 5.59. The van der Waals surface area contributed by atoms with Gasteiger partial charge in [0.15, 0.2) is 0 Å². The molecule has 0 amide bonds. The summed E-state index contributed by atoms with van der Waals surface area (Å²) in [5.41, 5.74) is 1.28. The number of hydrogen-bond donors (Lipinski definition) is 1. The van der Waals surface area contributed by atoms with E-state index >= 15 is 0 Å². The van der Waals surface area contributed by atoms with Gasteiger partial charge in [0.05, 0.1) is 13.7 Å². The van der Waals surface area contributed by atoms with Crippen LogP contribution in [-0.2, 0) is 10.2 Å². The van der Waals surface area contributed by atoms with Gasteiger partial charge in [-0.05, 0) is 37.5 Å². The molecule has 134 valence electrons. The lowest BCUT2D eigenvalue weighted by molar-refractivity contribution is 0.0543. The number of nitrogens with zero attached hydrogens (tertiary/aromatic N) is 2. The molecular weight excluding hydrogens is 318 g/mol. The molecule has 6 heteroatoms. The van der Waals surface area contributed by atoms with Crippen LogP contribution in [0.3, 0.4) is 0 Å². The molecule has 0 aliphatic carbocycles. The Morgan fingerprint density at radius 2 is 1.92 bits per heavy atom. The lowest BCUT2D eigenvalue weighted by Gasteiger charge is -2.38. The highest BCUT2D eigenvalue weighted by molar-refractivity contribution is 5.36. The minimum absolute atomic E-state index is 0.00453. The molecular formula is C19H25N3O3. The molecule has 1 N–H and O–H groups in total. The normalized spacial score (nSPS) is 16.2. The molecule has 1 aromatic heterocycles. The van der Waals surface area contributed by atoms with Crippen LogP contribution in [0.25, 0.3) is 0 Å². The molecule has 3 rings (SSSR count). The number of ether oxygens (including phenoxy) is 3. The molecule has 0 unspecified atom stereocenters. The number of nitrogens with one attached hydrogen (secondary N) is 1. The number of methoxy groups -OCH3 is 1. The zero-order chi connectivity index (χ0) is 17.5. The van der Waals surface area contributed by atoms with Gasteiger partial charge in [0.2, 0.25) is 11.8 Å². The second kappa shape index (κ2) is 8.16. The third-order valence-electron chi connectivity index (χ3n) is 4.65. The van der Waals surface area contributed by atoms with Gasteiger partial charge in [-0.25, -0.2) is 4.98 Å². The highest BCUT2D eigenvalue weighted by Gasteiger charge is 2.34. The Balaban J connectivity index is 1.78. The van der Waals surface area contributed by atoms with E-state index in [1.54, 1.807) is 19.4 Å². The van der Waals surface area contributed by atoms with E-state index < -0.39 is 0 Å². The van der Waals surface area contributed by atoms with Gasteiger partial charge in [0.1, 0.15) is 5.75 Å². The van der Waals surface area contributed by atoms with E-state index in [-0.39, 0.29) is 5.41 Å². The third-order valence-corrected chi connectivity index (χ3v) is 4.65. The van der Waals surface area contributed by atoms with E-state index in [0.717, 1.165) is 38.3 Å². The van der Waals surface area contributed by atoms with Gasteiger partial charge in [0.25, 0.3) is 0 Å². The lowest BCUT2D eigenvalue weighted by atomic mass is 9.74. The van der Waals surface area contributed by atoms with Crippen LogP contribution in [-0.4, -0.2) is 43.4 Å². The second-order valence-electron chi connectivity index (χ2n) is 6.13. The third kappa shape index (κ3) is 4.20. The van der Waals surface area contributed by atoms with E-state index in [9.17, 15) is 0 Å². The van der Waals surface area contributed by atoms with Gasteiger partial charge in [0, 0.05) is 37.4 Å². The van der Waals surface area contributed by atoms with Crippen molar-refractivity contribution in [2.75, 3.05) is 38.8 Å². The van der Waals surface area contributed by atoms with Crippen molar-refractivity contribution in [1.29, 1.82) is 0 Å². The first-order valence-electron chi connectivity index (χ1n) is 8.68. The average Bonchev–Trinajstić information content (AvgIpc) is 2.68. The topological polar surface area (TPSA) is 65.5 Å². The molecule has 25 heavy (non-hydrogen) atoms. The Morgan fingerprint density at radius 3 is 2.60 bits per heavy atom. The zero-order valence-electron chi connectivity index (χ0n) is 14.8. The van der Waals surface area contributed by atoms with Crippen LogP contribution in [0.15, 0.2) is 36.5 Å². The molecule has 0 atom stereocenters. The Kier molecular flexibility index (Phi) is 5.71. The lowest BCUT2D eigenvalue weighted by Crippen LogP contribution is -2.40. The minimum Gasteiger partial charge on any atom is -0.494 e. The van der Waals surface area contributed by atoms with Crippen LogP contribution in [0.1, 0.15) is 25.3 Å². The average molecular weight is 343 g/mol. The van der Waals surface area contributed by atoms with Crippen molar-refractivity contribution in [3.63, 3.8) is 0 Å². The molecule has 1 aromatic carbocycles. The number of rotatable bonds is 7. The van der Waals surface area contributed by atoms with E-state index in [1.807, 2.05) is 19.1 Å². The maximum Gasteiger partial charge on any atom is 0.225 e. The SMILES string of the molecule is CCOc1ccc(C2(CNc3nccc(OC)n3)CCOCC2)cc1. The van der Waals surface area contributed by atoms with Crippen molar-refractivity contribution in [3.8, 4) is 11.6 Å². The first-order chi connectivity index (χ1) is 12.3. The van der Waals surface area contributed by atoms with Gasteiger partial charge in [-0.2, -0.15) is 4.98 Å². The minimum atomic E-state index is -0.00453. The highest BCUT2D eigenvalue weighted by atomic mass is 16.5. The van der Waals surface area contributed by atoms with E-state index in [1.165, 1.54) is 5.56 Å². The highest BCUT2D eigenvalue weighted by Crippen LogP contribution is 2.35. The van der Waals surface area contributed by atoms with Crippen molar-refractivity contribution in [2.45, 2.75) is 25.2 Å². The summed E-state index contributed by atoms with van der Waals surface area (Å²) in [5, 5.41) is 3.38. The molecule has 6 nitrogen and oxygen atoms in total. The van der Waals surface area contributed by atoms with Gasteiger partial charge in [-0.3, -0.25) is 0 Å². The molecule has 0 spiro atoms. The van der Waals surface area contributed by atoms with Gasteiger partial charge < -0.3 is 19.5 Å². The van der Waals surface area contributed by atoms with Crippen molar-refractivity contribution < 1.29 is 14.2 Å². The predicted molar refractivity (Wildman–Crippen MR) is 96.4 cm³/mol. The fraction of sp³-hybridized carbons (Fsp3) is 0.474. The Hall–Kier alpha value is -2.34. The smallest absolute Gasteiger partial charge is 0.225 e. The second-order valence-corrected chi connectivity index (χ2v) is 6.13. The van der Waals surface area contributed by atoms with E-state index in [4.69, 9.17) is 14.2 Å². The maximum absolute atomic E-state index is 5.59. The summed E-state index contributed by atoms with van der Waals surface area (Å²) < 4.78 is 16.3. The number of hydrogen-bond acceptors (Lipinski definition) is 6. The Morgan fingerprint density at radius 1 is 1.16 bits per heavy atom. The molecule has 1 aliphatic heterocycles. The van der Waals surface area contributed by atoms with Crippen molar-refractivity contribution in [3.05, 3.63) is 42.1 Å². The molecule has 1 aliphatic rings. The summed E-state index contributed by atoms with van der Waals surface area (Å²) in [7, 11) is 1.60. The Labute approximate surface area is 148 Å². The van der Waals surface area contributed by atoms with Crippen LogP contribution in [0.4, 0.5) is 5.95 Å². The van der Waals surface area contributed by atoms with Gasteiger partial charge in [-0.15, -0.1) is 0 Å². The van der Waals surface area contributed by atoms with Crippen LogP contribution in [0, 0.1) is 0 Å². The summed E-state index contributed by atoms with van der Waals surface area (Å²) in [6.07, 6.45) is 3.61. The number of benzene rings is 1. The van der Waals surface area contributed by atoms with Crippen molar-refractivity contribution >= 4 is 5.95 Å². The summed E-state index contributed by atoms with van der Waals surface area (Å²) in [6, 6.07) is 10.1. The van der Waals surface area contributed by atoms with Crippen LogP contribution >= 0.6 is 0 Å². The zero-order valence-corrected chi connectivity index (χ0v) is 14.8. The fourth-order valence-electron chi connectivity index (χ4n) is 3.19. The first kappa shape index (κ1) is 17.5. The van der Waals surface area contributed by atoms with Crippen molar-refractivity contribution in [1.82, 2.24) is 9.97 Å². The monoisotopic (exact) mass is 343 g/mol. The van der Waals surface area contributed by atoms with Gasteiger partial charge in [-0.1, -0.05) is 12.1 Å². The van der Waals surface area contributed by atoms with Crippen LogP contribution in [0.5, 0.6) is 11.6 Å². The van der Waals surface area contributed by atoms with Crippen LogP contribution < -0.4 is 14.8 Å². The molecule has 2 heterocycles. The molecule has 1 fully saturated rings. The largest absolute Gasteiger partial charge is 0.494 e.